The van der Waals surface area contributed by atoms with Gasteiger partial charge in [-0.3, -0.25) is 9.59 Å². The Hall–Kier alpha value is -1.56. The number of nitrogens with two attached hydrogens (primary N) is 1. The van der Waals surface area contributed by atoms with Gasteiger partial charge in [0.2, 0.25) is 5.91 Å². The number of hydrogen-bond acceptors (Lipinski definition) is 3. The normalized spacial score (nSPS) is 15.7. The summed E-state index contributed by atoms with van der Waals surface area (Å²) in [7, 11) is 0. The quantitative estimate of drug-likeness (QED) is 0.850. The van der Waals surface area contributed by atoms with Gasteiger partial charge in [-0.05, 0) is 52.4 Å². The molecule has 1 aromatic rings. The lowest BCUT2D eigenvalue weighted by Crippen LogP contribution is -2.43. The lowest BCUT2D eigenvalue weighted by atomic mass is 9.96. The number of piperidine rings is 1. The average molecular weight is 383 g/mol. The molecule has 2 amide bonds. The van der Waals surface area contributed by atoms with E-state index < -0.39 is 0 Å². The Morgan fingerprint density at radius 1 is 1.35 bits per heavy atom. The lowest BCUT2D eigenvalue weighted by molar-refractivity contribution is -0.136. The third-order valence-electron chi connectivity index (χ3n) is 4.22. The molecular formula is C17H23BrN2O3. The third-order valence-corrected chi connectivity index (χ3v) is 4.84. The molecule has 0 unspecified atom stereocenters. The van der Waals surface area contributed by atoms with Crippen LogP contribution in [0.5, 0.6) is 5.75 Å². The van der Waals surface area contributed by atoms with Crippen LogP contribution in [0.2, 0.25) is 0 Å². The first kappa shape index (κ1) is 17.8. The lowest BCUT2D eigenvalue weighted by Gasteiger charge is -2.30. The van der Waals surface area contributed by atoms with Gasteiger partial charge in [0.25, 0.3) is 5.91 Å². The van der Waals surface area contributed by atoms with E-state index in [-0.39, 0.29) is 24.3 Å². The second kappa shape index (κ2) is 7.81. The van der Waals surface area contributed by atoms with E-state index in [1.165, 1.54) is 5.56 Å². The van der Waals surface area contributed by atoms with Crippen molar-refractivity contribution in [3.05, 3.63) is 28.2 Å². The van der Waals surface area contributed by atoms with Gasteiger partial charge in [-0.1, -0.05) is 19.9 Å². The van der Waals surface area contributed by atoms with E-state index in [2.05, 4.69) is 29.8 Å². The number of carbonyl (C=O) groups is 2. The van der Waals surface area contributed by atoms with Crippen molar-refractivity contribution in [2.24, 2.45) is 11.7 Å². The number of ether oxygens (including phenoxy) is 1. The van der Waals surface area contributed by atoms with Crippen LogP contribution in [0.1, 0.15) is 38.2 Å². The number of halogens is 1. The summed E-state index contributed by atoms with van der Waals surface area (Å²) in [6.45, 7) is 5.37. The molecule has 1 aromatic carbocycles. The predicted molar refractivity (Wildman–Crippen MR) is 92.2 cm³/mol. The average Bonchev–Trinajstić information content (AvgIpc) is 2.53. The fourth-order valence-corrected chi connectivity index (χ4v) is 3.15. The van der Waals surface area contributed by atoms with Crippen molar-refractivity contribution in [2.75, 3.05) is 19.7 Å². The first-order chi connectivity index (χ1) is 10.9. The monoisotopic (exact) mass is 382 g/mol. The van der Waals surface area contributed by atoms with E-state index in [1.54, 1.807) is 4.90 Å². The van der Waals surface area contributed by atoms with Crippen molar-refractivity contribution in [1.29, 1.82) is 0 Å². The smallest absolute Gasteiger partial charge is 0.260 e. The van der Waals surface area contributed by atoms with Crippen LogP contribution < -0.4 is 10.5 Å². The number of hydrogen-bond donors (Lipinski definition) is 1. The van der Waals surface area contributed by atoms with Gasteiger partial charge in [-0.15, -0.1) is 0 Å². The van der Waals surface area contributed by atoms with Gasteiger partial charge in [0.05, 0.1) is 4.47 Å². The fourth-order valence-electron chi connectivity index (χ4n) is 2.64. The largest absolute Gasteiger partial charge is 0.483 e. The Kier molecular flexibility index (Phi) is 6.04. The summed E-state index contributed by atoms with van der Waals surface area (Å²) in [5.74, 6) is 0.649. The van der Waals surface area contributed by atoms with E-state index in [9.17, 15) is 9.59 Å². The molecule has 0 spiro atoms. The van der Waals surface area contributed by atoms with E-state index in [4.69, 9.17) is 10.5 Å². The molecule has 6 heteroatoms. The number of benzene rings is 1. The van der Waals surface area contributed by atoms with Crippen LogP contribution >= 0.6 is 15.9 Å². The predicted octanol–water partition coefficient (Wildman–Crippen LogP) is 2.68. The molecule has 0 atom stereocenters. The second-order valence-electron chi connectivity index (χ2n) is 6.19. The Balaban J connectivity index is 1.86. The fraction of sp³-hybridized carbons (Fsp3) is 0.529. The summed E-state index contributed by atoms with van der Waals surface area (Å²) in [5, 5.41) is 0. The van der Waals surface area contributed by atoms with Crippen LogP contribution in [-0.2, 0) is 9.59 Å². The molecule has 0 radical (unpaired) electrons. The topological polar surface area (TPSA) is 72.6 Å². The number of carbonyl (C=O) groups excluding carboxylic acids is 2. The van der Waals surface area contributed by atoms with E-state index >= 15 is 0 Å². The Morgan fingerprint density at radius 3 is 2.52 bits per heavy atom. The summed E-state index contributed by atoms with van der Waals surface area (Å²) in [4.78, 5) is 25.1. The Bertz CT molecular complexity index is 581. The summed E-state index contributed by atoms with van der Waals surface area (Å²) in [6, 6.07) is 5.91. The van der Waals surface area contributed by atoms with Gasteiger partial charge < -0.3 is 15.4 Å². The van der Waals surface area contributed by atoms with Crippen LogP contribution in [0, 0.1) is 5.92 Å². The molecule has 1 aliphatic heterocycles. The van der Waals surface area contributed by atoms with Crippen LogP contribution in [0.15, 0.2) is 22.7 Å². The zero-order valence-electron chi connectivity index (χ0n) is 13.5. The van der Waals surface area contributed by atoms with Gasteiger partial charge >= 0.3 is 0 Å². The second-order valence-corrected chi connectivity index (χ2v) is 7.05. The van der Waals surface area contributed by atoms with E-state index in [1.807, 2.05) is 18.2 Å². The van der Waals surface area contributed by atoms with Crippen molar-refractivity contribution in [3.8, 4) is 5.75 Å². The summed E-state index contributed by atoms with van der Waals surface area (Å²) in [6.07, 6.45) is 1.27. The maximum Gasteiger partial charge on any atom is 0.260 e. The molecule has 1 fully saturated rings. The molecule has 0 saturated carbocycles. The maximum atomic E-state index is 12.2. The molecule has 2 N–H and O–H groups in total. The van der Waals surface area contributed by atoms with Gasteiger partial charge in [0, 0.05) is 19.0 Å². The maximum absolute atomic E-state index is 12.2. The molecule has 0 bridgehead atoms. The first-order valence-corrected chi connectivity index (χ1v) is 8.67. The standard InChI is InChI=1S/C17H23BrN2O3/c1-11(2)13-3-4-15(14(18)9-13)23-10-16(21)20-7-5-12(6-8-20)17(19)22/h3-4,9,11-12H,5-8,10H2,1-2H3,(H2,19,22). The molecule has 126 valence electrons. The van der Waals surface area contributed by atoms with Crippen LogP contribution in [0.4, 0.5) is 0 Å². The third kappa shape index (κ3) is 4.70. The number of nitrogens with zero attached hydrogens (tertiary/aromatic N) is 1. The minimum atomic E-state index is -0.275. The van der Waals surface area contributed by atoms with E-state index in [0.717, 1.165) is 4.47 Å². The van der Waals surface area contributed by atoms with E-state index in [0.29, 0.717) is 37.6 Å². The Labute approximate surface area is 145 Å². The van der Waals surface area contributed by atoms with Crippen LogP contribution in [0.25, 0.3) is 0 Å². The van der Waals surface area contributed by atoms with Crippen molar-refractivity contribution in [1.82, 2.24) is 4.90 Å². The highest BCUT2D eigenvalue weighted by Gasteiger charge is 2.26. The minimum absolute atomic E-state index is 0.000856. The number of primary amides is 1. The molecule has 1 saturated heterocycles. The highest BCUT2D eigenvalue weighted by molar-refractivity contribution is 9.10. The Morgan fingerprint density at radius 2 is 2.00 bits per heavy atom. The summed E-state index contributed by atoms with van der Waals surface area (Å²) in [5.41, 5.74) is 6.51. The van der Waals surface area contributed by atoms with Gasteiger partial charge in [-0.2, -0.15) is 0 Å². The van der Waals surface area contributed by atoms with Crippen LogP contribution in [0.3, 0.4) is 0 Å². The molecular weight excluding hydrogens is 360 g/mol. The van der Waals surface area contributed by atoms with Crippen molar-refractivity contribution in [3.63, 3.8) is 0 Å². The van der Waals surface area contributed by atoms with Crippen molar-refractivity contribution in [2.45, 2.75) is 32.6 Å². The number of likely N-dealkylation sites (tertiary alicyclic amines) is 1. The zero-order valence-corrected chi connectivity index (χ0v) is 15.1. The number of amides is 2. The van der Waals surface area contributed by atoms with Crippen LogP contribution in [-0.4, -0.2) is 36.4 Å². The van der Waals surface area contributed by atoms with Gasteiger partial charge in [0.15, 0.2) is 6.61 Å². The van der Waals surface area contributed by atoms with Gasteiger partial charge in [0.1, 0.15) is 5.75 Å². The minimum Gasteiger partial charge on any atom is -0.483 e. The molecule has 23 heavy (non-hydrogen) atoms. The highest BCUT2D eigenvalue weighted by Crippen LogP contribution is 2.29. The van der Waals surface area contributed by atoms with Gasteiger partial charge in [-0.25, -0.2) is 0 Å². The molecule has 1 aliphatic rings. The first-order valence-electron chi connectivity index (χ1n) is 7.87. The molecule has 0 aliphatic carbocycles. The van der Waals surface area contributed by atoms with Crippen molar-refractivity contribution < 1.29 is 14.3 Å². The molecule has 5 nitrogen and oxygen atoms in total. The number of rotatable bonds is 5. The summed E-state index contributed by atoms with van der Waals surface area (Å²) >= 11 is 3.48. The molecule has 1 heterocycles. The summed E-state index contributed by atoms with van der Waals surface area (Å²) < 4.78 is 6.48. The zero-order chi connectivity index (χ0) is 17.0. The SMILES string of the molecule is CC(C)c1ccc(OCC(=O)N2CCC(C(N)=O)CC2)c(Br)c1. The van der Waals surface area contributed by atoms with Crippen molar-refractivity contribution >= 4 is 27.7 Å². The molecule has 2 rings (SSSR count). The highest BCUT2D eigenvalue weighted by atomic mass is 79.9. The molecule has 0 aromatic heterocycles.